The molecule has 2 amide bonds. The zero-order valence-electron chi connectivity index (χ0n) is 23.3. The zero-order valence-corrected chi connectivity index (χ0v) is 24.9. The predicted octanol–water partition coefficient (Wildman–Crippen LogP) is 5.36. The van der Waals surface area contributed by atoms with Gasteiger partial charge in [0, 0.05) is 37.5 Å². The average Bonchev–Trinajstić information content (AvgIpc) is 2.92. The van der Waals surface area contributed by atoms with Gasteiger partial charge in [0.25, 0.3) is 0 Å². The number of nitrogens with zero attached hydrogens (tertiary/aromatic N) is 2. The highest BCUT2D eigenvalue weighted by molar-refractivity contribution is 7.92. The van der Waals surface area contributed by atoms with Crippen LogP contribution in [-0.2, 0) is 32.6 Å². The van der Waals surface area contributed by atoms with Crippen LogP contribution in [0.2, 0.25) is 5.02 Å². The Morgan fingerprint density at radius 1 is 0.950 bits per heavy atom. The fourth-order valence-corrected chi connectivity index (χ4v) is 5.63. The smallest absolute Gasteiger partial charge is 0.243 e. The Kier molecular flexibility index (Phi) is 11.6. The molecule has 1 atom stereocenters. The van der Waals surface area contributed by atoms with Crippen molar-refractivity contribution >= 4 is 39.1 Å². The van der Waals surface area contributed by atoms with Crippen molar-refractivity contribution in [2.24, 2.45) is 0 Å². The van der Waals surface area contributed by atoms with Gasteiger partial charge in [0.1, 0.15) is 6.04 Å². The van der Waals surface area contributed by atoms with Crippen LogP contribution in [-0.4, -0.2) is 50.5 Å². The van der Waals surface area contributed by atoms with E-state index in [1.807, 2.05) is 68.4 Å². The quantitative estimate of drug-likeness (QED) is 0.277. The Labute approximate surface area is 243 Å². The van der Waals surface area contributed by atoms with Crippen molar-refractivity contribution in [2.75, 3.05) is 23.7 Å². The van der Waals surface area contributed by atoms with Crippen molar-refractivity contribution in [3.63, 3.8) is 0 Å². The average molecular weight is 584 g/mol. The molecule has 9 heteroatoms. The van der Waals surface area contributed by atoms with E-state index in [9.17, 15) is 18.0 Å². The molecular formula is C31H38ClN3O4S. The molecule has 0 spiro atoms. The number of sulfonamides is 1. The summed E-state index contributed by atoms with van der Waals surface area (Å²) in [6.07, 6.45) is 2.66. The number of rotatable bonds is 14. The van der Waals surface area contributed by atoms with Gasteiger partial charge in [0.15, 0.2) is 0 Å². The number of benzene rings is 3. The van der Waals surface area contributed by atoms with Gasteiger partial charge < -0.3 is 10.2 Å². The summed E-state index contributed by atoms with van der Waals surface area (Å²) in [4.78, 5) is 28.9. The van der Waals surface area contributed by atoms with Crippen LogP contribution < -0.4 is 9.62 Å². The fraction of sp³-hybridized carbons (Fsp3) is 0.355. The molecule has 3 aromatic rings. The maximum Gasteiger partial charge on any atom is 0.243 e. The topological polar surface area (TPSA) is 86.8 Å². The molecule has 1 unspecified atom stereocenters. The number of amides is 2. The van der Waals surface area contributed by atoms with E-state index in [1.54, 1.807) is 29.2 Å². The first-order valence-electron chi connectivity index (χ1n) is 13.5. The lowest BCUT2D eigenvalue weighted by molar-refractivity contribution is -0.141. The van der Waals surface area contributed by atoms with Gasteiger partial charge >= 0.3 is 0 Å². The van der Waals surface area contributed by atoms with Crippen LogP contribution in [0.1, 0.15) is 42.9 Å². The third-order valence-electron chi connectivity index (χ3n) is 6.52. The maximum atomic E-state index is 13.8. The highest BCUT2D eigenvalue weighted by Gasteiger charge is 2.30. The molecule has 0 radical (unpaired) electrons. The van der Waals surface area contributed by atoms with E-state index in [0.29, 0.717) is 23.7 Å². The second-order valence-electron chi connectivity index (χ2n) is 9.92. The second kappa shape index (κ2) is 14.9. The van der Waals surface area contributed by atoms with Crippen molar-refractivity contribution in [1.29, 1.82) is 0 Å². The van der Waals surface area contributed by atoms with Crippen LogP contribution in [0.25, 0.3) is 0 Å². The zero-order chi connectivity index (χ0) is 29.1. The maximum absolute atomic E-state index is 13.8. The second-order valence-corrected chi connectivity index (χ2v) is 12.3. The molecule has 3 aromatic carbocycles. The van der Waals surface area contributed by atoms with Crippen LogP contribution in [0.4, 0.5) is 5.69 Å². The van der Waals surface area contributed by atoms with Crippen LogP contribution in [0.5, 0.6) is 0 Å². The third kappa shape index (κ3) is 9.38. The van der Waals surface area contributed by atoms with E-state index in [2.05, 4.69) is 5.32 Å². The summed E-state index contributed by atoms with van der Waals surface area (Å²) >= 11 is 5.98. The van der Waals surface area contributed by atoms with E-state index >= 15 is 0 Å². The molecule has 0 heterocycles. The van der Waals surface area contributed by atoms with E-state index in [-0.39, 0.29) is 37.7 Å². The van der Waals surface area contributed by atoms with Gasteiger partial charge in [0.2, 0.25) is 21.8 Å². The number of hydrogen-bond acceptors (Lipinski definition) is 4. The molecule has 1 N–H and O–H groups in total. The number of halogens is 1. The first kappa shape index (κ1) is 31.2. The van der Waals surface area contributed by atoms with Crippen molar-refractivity contribution in [3.05, 3.63) is 101 Å². The molecule has 0 saturated carbocycles. The summed E-state index contributed by atoms with van der Waals surface area (Å²) in [5, 5.41) is 3.48. The summed E-state index contributed by atoms with van der Waals surface area (Å²) in [5.41, 5.74) is 3.42. The Morgan fingerprint density at radius 3 is 2.25 bits per heavy atom. The molecule has 0 aliphatic heterocycles. The number of carbonyl (C=O) groups is 2. The molecule has 0 fully saturated rings. The van der Waals surface area contributed by atoms with Gasteiger partial charge in [-0.3, -0.25) is 13.9 Å². The summed E-state index contributed by atoms with van der Waals surface area (Å²) in [6, 6.07) is 23.4. The van der Waals surface area contributed by atoms with Crippen molar-refractivity contribution in [1.82, 2.24) is 10.2 Å². The van der Waals surface area contributed by atoms with Gasteiger partial charge in [-0.15, -0.1) is 0 Å². The van der Waals surface area contributed by atoms with Gasteiger partial charge in [-0.05, 0) is 55.2 Å². The largest absolute Gasteiger partial charge is 0.354 e. The van der Waals surface area contributed by atoms with E-state index in [0.717, 1.165) is 29.4 Å². The number of carbonyl (C=O) groups excluding carboxylic acids is 2. The first-order valence-corrected chi connectivity index (χ1v) is 15.7. The molecule has 214 valence electrons. The minimum Gasteiger partial charge on any atom is -0.354 e. The summed E-state index contributed by atoms with van der Waals surface area (Å²) in [6.45, 7) is 4.87. The van der Waals surface area contributed by atoms with Crippen LogP contribution in [0, 0.1) is 6.92 Å². The Bertz CT molecular complexity index is 1360. The Morgan fingerprint density at radius 2 is 1.62 bits per heavy atom. The molecular weight excluding hydrogens is 546 g/mol. The van der Waals surface area contributed by atoms with E-state index in [1.165, 1.54) is 4.31 Å². The monoisotopic (exact) mass is 583 g/mol. The SMILES string of the molecule is CCCNC(=O)C(Cc1ccccc1)N(Cc1cccc(C)c1)C(=O)CCCN(c1ccc(Cl)cc1)S(C)(=O)=O. The number of hydrogen-bond donors (Lipinski definition) is 1. The van der Waals surface area contributed by atoms with Gasteiger partial charge in [-0.2, -0.15) is 0 Å². The Hall–Kier alpha value is -3.36. The standard InChI is InChI=1S/C31H38ClN3O4S/c1-4-19-33-31(37)29(22-25-11-6-5-7-12-25)34(23-26-13-8-10-24(2)21-26)30(36)14-9-20-35(40(3,38)39)28-17-15-27(32)16-18-28/h5-8,10-13,15-18,21,29H,4,9,14,19-20,22-23H2,1-3H3,(H,33,37). The molecule has 7 nitrogen and oxygen atoms in total. The van der Waals surface area contributed by atoms with E-state index < -0.39 is 16.1 Å². The predicted molar refractivity (Wildman–Crippen MR) is 162 cm³/mol. The number of nitrogens with one attached hydrogen (secondary N) is 1. The highest BCUT2D eigenvalue weighted by Crippen LogP contribution is 2.22. The molecule has 0 saturated heterocycles. The first-order chi connectivity index (χ1) is 19.1. The van der Waals surface area contributed by atoms with Crippen molar-refractivity contribution in [3.8, 4) is 0 Å². The molecule has 0 aliphatic rings. The van der Waals surface area contributed by atoms with E-state index in [4.69, 9.17) is 11.6 Å². The summed E-state index contributed by atoms with van der Waals surface area (Å²) < 4.78 is 26.4. The normalized spacial score (nSPS) is 12.0. The fourth-order valence-electron chi connectivity index (χ4n) is 4.54. The Balaban J connectivity index is 1.86. The van der Waals surface area contributed by atoms with Gasteiger partial charge in [-0.25, -0.2) is 8.42 Å². The minimum absolute atomic E-state index is 0.0811. The van der Waals surface area contributed by atoms with Crippen LogP contribution in [0.15, 0.2) is 78.9 Å². The highest BCUT2D eigenvalue weighted by atomic mass is 35.5. The lowest BCUT2D eigenvalue weighted by atomic mass is 10.0. The van der Waals surface area contributed by atoms with Gasteiger partial charge in [-0.1, -0.05) is 78.7 Å². The van der Waals surface area contributed by atoms with Crippen LogP contribution >= 0.6 is 11.6 Å². The summed E-state index contributed by atoms with van der Waals surface area (Å²) in [7, 11) is -3.58. The molecule has 40 heavy (non-hydrogen) atoms. The van der Waals surface area contributed by atoms with Crippen LogP contribution in [0.3, 0.4) is 0 Å². The minimum atomic E-state index is -3.58. The number of anilines is 1. The van der Waals surface area contributed by atoms with Crippen molar-refractivity contribution < 1.29 is 18.0 Å². The summed E-state index contributed by atoms with van der Waals surface area (Å²) in [5.74, 6) is -0.413. The molecule has 3 rings (SSSR count). The molecule has 0 aliphatic carbocycles. The van der Waals surface area contributed by atoms with Gasteiger partial charge in [0.05, 0.1) is 11.9 Å². The molecule has 0 aromatic heterocycles. The lowest BCUT2D eigenvalue weighted by Crippen LogP contribution is -2.50. The number of aryl methyl sites for hydroxylation is 1. The lowest BCUT2D eigenvalue weighted by Gasteiger charge is -2.32. The van der Waals surface area contributed by atoms with Crippen molar-refractivity contribution in [2.45, 2.75) is 52.1 Å². The molecule has 0 bridgehead atoms. The third-order valence-corrected chi connectivity index (χ3v) is 7.97.